The molecule has 0 bridgehead atoms. The van der Waals surface area contributed by atoms with Crippen molar-refractivity contribution in [2.75, 3.05) is 26.3 Å². The van der Waals surface area contributed by atoms with E-state index < -0.39 is 10.0 Å². The highest BCUT2D eigenvalue weighted by Crippen LogP contribution is 2.21. The zero-order valence-corrected chi connectivity index (χ0v) is 11.8. The Kier molecular flexibility index (Phi) is 5.00. The number of hydrogen-bond acceptors (Lipinski definition) is 4. The Balaban J connectivity index is 1.89. The smallest absolute Gasteiger partial charge is 0.214 e. The Morgan fingerprint density at radius 2 is 1.78 bits per heavy atom. The molecule has 2 N–H and O–H groups in total. The van der Waals surface area contributed by atoms with Gasteiger partial charge in [0.15, 0.2) is 0 Å². The Hall–Kier alpha value is -0.170. The van der Waals surface area contributed by atoms with Crippen molar-refractivity contribution in [2.24, 2.45) is 5.92 Å². The third-order valence-corrected chi connectivity index (χ3v) is 6.10. The molecule has 2 rings (SSSR count). The first-order chi connectivity index (χ1) is 8.59. The zero-order valence-electron chi connectivity index (χ0n) is 11.0. The Bertz CT molecular complexity index is 346. The van der Waals surface area contributed by atoms with E-state index in [0.29, 0.717) is 5.92 Å². The van der Waals surface area contributed by atoms with E-state index >= 15 is 0 Å². The average Bonchev–Trinajstić information content (AvgIpc) is 2.40. The van der Waals surface area contributed by atoms with Gasteiger partial charge < -0.3 is 10.1 Å². The Morgan fingerprint density at radius 3 is 2.39 bits per heavy atom. The molecule has 0 aromatic heterocycles. The summed E-state index contributed by atoms with van der Waals surface area (Å²) in [5.74, 6) is 0.412. The molecular formula is C12H24N2O3S. The van der Waals surface area contributed by atoms with E-state index in [1.807, 2.05) is 6.92 Å². The third kappa shape index (κ3) is 3.66. The van der Waals surface area contributed by atoms with Gasteiger partial charge >= 0.3 is 0 Å². The molecule has 1 atom stereocenters. The van der Waals surface area contributed by atoms with Gasteiger partial charge in [0.2, 0.25) is 10.0 Å². The molecule has 6 heteroatoms. The van der Waals surface area contributed by atoms with Gasteiger partial charge in [-0.25, -0.2) is 13.1 Å². The molecule has 0 aliphatic carbocycles. The van der Waals surface area contributed by atoms with Crippen LogP contribution in [0.2, 0.25) is 0 Å². The molecule has 0 radical (unpaired) electrons. The lowest BCUT2D eigenvalue weighted by Crippen LogP contribution is -2.47. The standard InChI is InChI=1S/C12H24N2O3S/c1-10(11-4-8-17-9-5-11)14-18(15,16)12-2-6-13-7-3-12/h10-14H,2-9H2,1H3. The van der Waals surface area contributed by atoms with Crippen LogP contribution in [0.4, 0.5) is 0 Å². The van der Waals surface area contributed by atoms with Crippen LogP contribution in [0.5, 0.6) is 0 Å². The van der Waals surface area contributed by atoms with Crippen molar-refractivity contribution in [3.05, 3.63) is 0 Å². The van der Waals surface area contributed by atoms with Crippen LogP contribution in [0.15, 0.2) is 0 Å². The number of hydrogen-bond donors (Lipinski definition) is 2. The van der Waals surface area contributed by atoms with Crippen molar-refractivity contribution in [2.45, 2.75) is 43.9 Å². The molecule has 2 heterocycles. The van der Waals surface area contributed by atoms with Crippen molar-refractivity contribution in [1.29, 1.82) is 0 Å². The molecule has 2 saturated heterocycles. The normalized spacial score (nSPS) is 26.1. The topological polar surface area (TPSA) is 67.4 Å². The van der Waals surface area contributed by atoms with Crippen LogP contribution < -0.4 is 10.0 Å². The van der Waals surface area contributed by atoms with E-state index in [-0.39, 0.29) is 11.3 Å². The summed E-state index contributed by atoms with van der Waals surface area (Å²) >= 11 is 0. The van der Waals surface area contributed by atoms with Crippen LogP contribution in [0.1, 0.15) is 32.6 Å². The maximum atomic E-state index is 12.3. The minimum Gasteiger partial charge on any atom is -0.381 e. The second-order valence-corrected chi connectivity index (χ2v) is 7.34. The minimum absolute atomic E-state index is 0.0220. The maximum absolute atomic E-state index is 12.3. The number of piperidine rings is 1. The van der Waals surface area contributed by atoms with Crippen molar-refractivity contribution in [1.82, 2.24) is 10.0 Å². The molecule has 0 spiro atoms. The molecule has 5 nitrogen and oxygen atoms in total. The van der Waals surface area contributed by atoms with Crippen LogP contribution in [0.25, 0.3) is 0 Å². The molecule has 1 unspecified atom stereocenters. The van der Waals surface area contributed by atoms with Gasteiger partial charge in [0, 0.05) is 19.3 Å². The summed E-state index contributed by atoms with van der Waals surface area (Å²) in [6, 6.07) is 0.0220. The minimum atomic E-state index is -3.16. The number of nitrogens with one attached hydrogen (secondary N) is 2. The lowest BCUT2D eigenvalue weighted by atomic mass is 9.94. The lowest BCUT2D eigenvalue weighted by molar-refractivity contribution is 0.0585. The second-order valence-electron chi connectivity index (χ2n) is 5.35. The highest BCUT2D eigenvalue weighted by atomic mass is 32.2. The molecule has 0 aromatic carbocycles. The number of ether oxygens (including phenoxy) is 1. The second kappa shape index (κ2) is 6.32. The van der Waals surface area contributed by atoms with E-state index in [1.165, 1.54) is 0 Å². The van der Waals surface area contributed by atoms with Crippen molar-refractivity contribution < 1.29 is 13.2 Å². The summed E-state index contributed by atoms with van der Waals surface area (Å²) < 4.78 is 32.7. The fourth-order valence-electron chi connectivity index (χ4n) is 2.77. The summed E-state index contributed by atoms with van der Waals surface area (Å²) in [6.07, 6.45) is 3.34. The van der Waals surface area contributed by atoms with Gasteiger partial charge in [-0.1, -0.05) is 0 Å². The SMILES string of the molecule is CC(NS(=O)(=O)C1CCNCC1)C1CCOCC1. The predicted octanol–water partition coefficient (Wildman–Crippen LogP) is 0.473. The number of sulfonamides is 1. The highest BCUT2D eigenvalue weighted by Gasteiger charge is 2.31. The summed E-state index contributed by atoms with van der Waals surface area (Å²) in [6.45, 7) is 5.09. The molecule has 2 fully saturated rings. The molecule has 0 saturated carbocycles. The van der Waals surface area contributed by atoms with Crippen LogP contribution >= 0.6 is 0 Å². The average molecular weight is 276 g/mol. The Labute approximate surface area is 110 Å². The van der Waals surface area contributed by atoms with E-state index in [2.05, 4.69) is 10.0 Å². The molecule has 0 aromatic rings. The molecule has 0 amide bonds. The van der Waals surface area contributed by atoms with Crippen LogP contribution in [-0.4, -0.2) is 46.0 Å². The lowest BCUT2D eigenvalue weighted by Gasteiger charge is -2.30. The van der Waals surface area contributed by atoms with Crippen LogP contribution in [-0.2, 0) is 14.8 Å². The monoisotopic (exact) mass is 276 g/mol. The summed E-state index contributed by atoms with van der Waals surface area (Å²) in [5, 5.41) is 2.97. The first-order valence-electron chi connectivity index (χ1n) is 6.89. The van der Waals surface area contributed by atoms with E-state index in [1.54, 1.807) is 0 Å². The van der Waals surface area contributed by atoms with Gasteiger partial charge in [-0.3, -0.25) is 0 Å². The molecule has 2 aliphatic rings. The van der Waals surface area contributed by atoms with Gasteiger partial charge in [-0.05, 0) is 51.6 Å². The summed E-state index contributed by atoms with van der Waals surface area (Å²) in [7, 11) is -3.16. The van der Waals surface area contributed by atoms with Gasteiger partial charge in [0.1, 0.15) is 0 Å². The zero-order chi connectivity index (χ0) is 13.0. The van der Waals surface area contributed by atoms with Crippen molar-refractivity contribution >= 4 is 10.0 Å². The fourth-order valence-corrected chi connectivity index (χ4v) is 4.53. The van der Waals surface area contributed by atoms with Gasteiger partial charge in [0.25, 0.3) is 0 Å². The predicted molar refractivity (Wildman–Crippen MR) is 71.0 cm³/mol. The van der Waals surface area contributed by atoms with E-state index in [9.17, 15) is 8.42 Å². The van der Waals surface area contributed by atoms with Crippen LogP contribution in [0.3, 0.4) is 0 Å². The highest BCUT2D eigenvalue weighted by molar-refractivity contribution is 7.90. The maximum Gasteiger partial charge on any atom is 0.214 e. The quantitative estimate of drug-likeness (QED) is 0.783. The van der Waals surface area contributed by atoms with Crippen molar-refractivity contribution in [3.63, 3.8) is 0 Å². The summed E-state index contributed by atoms with van der Waals surface area (Å²) in [5.41, 5.74) is 0. The summed E-state index contributed by atoms with van der Waals surface area (Å²) in [4.78, 5) is 0. The van der Waals surface area contributed by atoms with Crippen LogP contribution in [0, 0.1) is 5.92 Å². The first kappa shape index (κ1) is 14.2. The fraction of sp³-hybridized carbons (Fsp3) is 1.00. The van der Waals surface area contributed by atoms with Gasteiger partial charge in [-0.2, -0.15) is 0 Å². The largest absolute Gasteiger partial charge is 0.381 e. The number of rotatable bonds is 4. The molecule has 106 valence electrons. The molecular weight excluding hydrogens is 252 g/mol. The first-order valence-corrected chi connectivity index (χ1v) is 8.44. The van der Waals surface area contributed by atoms with E-state index in [0.717, 1.165) is 52.0 Å². The Morgan fingerprint density at radius 1 is 1.17 bits per heavy atom. The third-order valence-electron chi connectivity index (χ3n) is 4.05. The van der Waals surface area contributed by atoms with E-state index in [4.69, 9.17) is 4.74 Å². The van der Waals surface area contributed by atoms with Gasteiger partial charge in [0.05, 0.1) is 5.25 Å². The molecule has 18 heavy (non-hydrogen) atoms. The van der Waals surface area contributed by atoms with Gasteiger partial charge in [-0.15, -0.1) is 0 Å². The van der Waals surface area contributed by atoms with Crippen molar-refractivity contribution in [3.8, 4) is 0 Å². The molecule has 2 aliphatic heterocycles.